The summed E-state index contributed by atoms with van der Waals surface area (Å²) in [5.74, 6) is -0.422. The molecule has 2 aromatic carbocycles. The number of benzene rings is 2. The molecule has 8 heteroatoms. The van der Waals surface area contributed by atoms with Gasteiger partial charge in [-0.2, -0.15) is 0 Å². The number of sulfonamides is 1. The number of nitrogens with one attached hydrogen (secondary N) is 1. The standard InChI is InChI=1S/C27H39N3O4S/c1-20-13-11-16-24(21(20)2)30(35(7,33)34)18-12-17-25(31)29(19-23-14-9-8-10-15-23)22(3)26(32)28-27(4,5)6/h8-11,13-16,22H,12,17-19H2,1-7H3,(H,28,32)/t22-/m0/s1. The third-order valence-corrected chi connectivity index (χ3v) is 7.04. The van der Waals surface area contributed by atoms with Crippen LogP contribution in [0.4, 0.5) is 5.69 Å². The van der Waals surface area contributed by atoms with E-state index in [0.29, 0.717) is 18.7 Å². The van der Waals surface area contributed by atoms with Gasteiger partial charge >= 0.3 is 0 Å². The molecule has 0 unspecified atom stereocenters. The van der Waals surface area contributed by atoms with Crippen LogP contribution in [0.5, 0.6) is 0 Å². The molecule has 0 heterocycles. The van der Waals surface area contributed by atoms with E-state index in [1.165, 1.54) is 10.6 Å². The second-order valence-corrected chi connectivity index (χ2v) is 12.0. The number of carbonyl (C=O) groups is 2. The summed E-state index contributed by atoms with van der Waals surface area (Å²) >= 11 is 0. The van der Waals surface area contributed by atoms with Crippen molar-refractivity contribution in [2.45, 2.75) is 72.5 Å². The Balaban J connectivity index is 2.20. The zero-order valence-electron chi connectivity index (χ0n) is 22.0. The monoisotopic (exact) mass is 501 g/mol. The fraction of sp³-hybridized carbons (Fsp3) is 0.481. The highest BCUT2D eigenvalue weighted by atomic mass is 32.2. The number of amides is 2. The first kappa shape index (κ1) is 28.4. The molecule has 7 nitrogen and oxygen atoms in total. The smallest absolute Gasteiger partial charge is 0.242 e. The summed E-state index contributed by atoms with van der Waals surface area (Å²) < 4.78 is 26.5. The van der Waals surface area contributed by atoms with Crippen LogP contribution < -0.4 is 9.62 Å². The van der Waals surface area contributed by atoms with Crippen molar-refractivity contribution >= 4 is 27.5 Å². The lowest BCUT2D eigenvalue weighted by Crippen LogP contribution is -2.52. The Morgan fingerprint density at radius 3 is 2.20 bits per heavy atom. The Morgan fingerprint density at radius 1 is 1.00 bits per heavy atom. The summed E-state index contributed by atoms with van der Waals surface area (Å²) in [7, 11) is -3.53. The molecule has 0 aliphatic heterocycles. The number of hydrogen-bond donors (Lipinski definition) is 1. The van der Waals surface area contributed by atoms with Gasteiger partial charge in [-0.3, -0.25) is 13.9 Å². The molecular formula is C27H39N3O4S. The van der Waals surface area contributed by atoms with Crippen LogP contribution in [0.15, 0.2) is 48.5 Å². The third-order valence-electron chi connectivity index (χ3n) is 5.86. The maximum atomic E-state index is 13.3. The van der Waals surface area contributed by atoms with E-state index in [4.69, 9.17) is 0 Å². The first-order chi connectivity index (χ1) is 16.2. The van der Waals surface area contributed by atoms with Gasteiger partial charge in [0.1, 0.15) is 6.04 Å². The molecule has 2 amide bonds. The molecule has 0 aliphatic rings. The van der Waals surface area contributed by atoms with Gasteiger partial charge in [-0.1, -0.05) is 42.5 Å². The van der Waals surface area contributed by atoms with Crippen LogP contribution in [-0.4, -0.2) is 49.5 Å². The second-order valence-electron chi connectivity index (χ2n) is 10.1. The van der Waals surface area contributed by atoms with E-state index in [9.17, 15) is 18.0 Å². The molecule has 1 atom stereocenters. The van der Waals surface area contributed by atoms with Crippen LogP contribution in [0.25, 0.3) is 0 Å². The Morgan fingerprint density at radius 2 is 1.63 bits per heavy atom. The molecule has 0 fully saturated rings. The van der Waals surface area contributed by atoms with Crippen LogP contribution >= 0.6 is 0 Å². The maximum Gasteiger partial charge on any atom is 0.242 e. The van der Waals surface area contributed by atoms with E-state index in [1.54, 1.807) is 17.9 Å². The summed E-state index contributed by atoms with van der Waals surface area (Å²) in [6.07, 6.45) is 1.63. The Labute approximate surface area is 210 Å². The van der Waals surface area contributed by atoms with Crippen molar-refractivity contribution in [2.75, 3.05) is 17.1 Å². The molecule has 0 bridgehead atoms. The van der Waals surface area contributed by atoms with Gasteiger partial charge in [0.05, 0.1) is 11.9 Å². The number of carbonyl (C=O) groups excluding carboxylic acids is 2. The molecule has 1 N–H and O–H groups in total. The molecule has 0 aromatic heterocycles. The molecule has 0 radical (unpaired) electrons. The Kier molecular flexibility index (Phi) is 9.49. The lowest BCUT2D eigenvalue weighted by atomic mass is 10.1. The van der Waals surface area contributed by atoms with Crippen LogP contribution in [0, 0.1) is 13.8 Å². The Bertz CT molecular complexity index is 1120. The fourth-order valence-corrected chi connectivity index (χ4v) is 4.84. The van der Waals surface area contributed by atoms with Crippen LogP contribution in [0.3, 0.4) is 0 Å². The van der Waals surface area contributed by atoms with E-state index in [-0.39, 0.29) is 24.8 Å². The summed E-state index contributed by atoms with van der Waals surface area (Å²) in [5.41, 5.74) is 3.01. The lowest BCUT2D eigenvalue weighted by molar-refractivity contribution is -0.141. The predicted octanol–water partition coefficient (Wildman–Crippen LogP) is 4.18. The maximum absolute atomic E-state index is 13.3. The van der Waals surface area contributed by atoms with Crippen molar-refractivity contribution in [1.29, 1.82) is 0 Å². The van der Waals surface area contributed by atoms with Gasteiger partial charge in [-0.25, -0.2) is 8.42 Å². The highest BCUT2D eigenvalue weighted by molar-refractivity contribution is 7.92. The van der Waals surface area contributed by atoms with Crippen molar-refractivity contribution in [3.8, 4) is 0 Å². The number of anilines is 1. The minimum absolute atomic E-state index is 0.122. The first-order valence-corrected chi connectivity index (χ1v) is 13.7. The number of nitrogens with zero attached hydrogens (tertiary/aromatic N) is 2. The molecule has 0 spiro atoms. The third kappa shape index (κ3) is 8.38. The molecule has 2 rings (SSSR count). The predicted molar refractivity (Wildman–Crippen MR) is 142 cm³/mol. The largest absolute Gasteiger partial charge is 0.350 e. The summed E-state index contributed by atoms with van der Waals surface area (Å²) in [5, 5.41) is 2.95. The van der Waals surface area contributed by atoms with E-state index < -0.39 is 21.6 Å². The summed E-state index contributed by atoms with van der Waals surface area (Å²) in [6.45, 7) is 11.7. The molecule has 0 aliphatic carbocycles. The SMILES string of the molecule is Cc1cccc(N(CCCC(=O)N(Cc2ccccc2)[C@@H](C)C(=O)NC(C)(C)C)S(C)(=O)=O)c1C. The number of rotatable bonds is 10. The second kappa shape index (κ2) is 11.7. The normalized spacial score (nSPS) is 12.7. The van der Waals surface area contributed by atoms with Gasteiger partial charge in [0, 0.05) is 25.0 Å². The zero-order valence-corrected chi connectivity index (χ0v) is 22.8. The average molecular weight is 502 g/mol. The van der Waals surface area contributed by atoms with E-state index in [0.717, 1.165) is 16.7 Å². The number of aryl methyl sites for hydroxylation is 1. The molecule has 0 saturated carbocycles. The highest BCUT2D eigenvalue weighted by Gasteiger charge is 2.28. The van der Waals surface area contributed by atoms with Crippen molar-refractivity contribution in [3.63, 3.8) is 0 Å². The first-order valence-electron chi connectivity index (χ1n) is 11.9. The van der Waals surface area contributed by atoms with Gasteiger partial charge in [0.2, 0.25) is 21.8 Å². The van der Waals surface area contributed by atoms with Gasteiger partial charge in [0.25, 0.3) is 0 Å². The van der Waals surface area contributed by atoms with Crippen molar-refractivity contribution in [3.05, 3.63) is 65.2 Å². The minimum atomic E-state index is -3.53. The average Bonchev–Trinajstić information content (AvgIpc) is 2.75. The van der Waals surface area contributed by atoms with Gasteiger partial charge < -0.3 is 10.2 Å². The van der Waals surface area contributed by atoms with Gasteiger partial charge in [-0.05, 0) is 70.7 Å². The lowest BCUT2D eigenvalue weighted by Gasteiger charge is -2.32. The summed E-state index contributed by atoms with van der Waals surface area (Å²) in [4.78, 5) is 27.8. The molecular weight excluding hydrogens is 462 g/mol. The van der Waals surface area contributed by atoms with E-state index in [2.05, 4.69) is 5.32 Å². The Hall–Kier alpha value is -2.87. The molecule has 0 saturated heterocycles. The van der Waals surface area contributed by atoms with Crippen molar-refractivity contribution in [1.82, 2.24) is 10.2 Å². The minimum Gasteiger partial charge on any atom is -0.350 e. The highest BCUT2D eigenvalue weighted by Crippen LogP contribution is 2.25. The summed E-state index contributed by atoms with van der Waals surface area (Å²) in [6, 6.07) is 14.4. The van der Waals surface area contributed by atoms with Crippen molar-refractivity contribution in [2.24, 2.45) is 0 Å². The van der Waals surface area contributed by atoms with E-state index >= 15 is 0 Å². The van der Waals surface area contributed by atoms with Crippen LogP contribution in [0.1, 0.15) is 57.2 Å². The fourth-order valence-electron chi connectivity index (χ4n) is 3.83. The van der Waals surface area contributed by atoms with Gasteiger partial charge in [0.15, 0.2) is 0 Å². The number of hydrogen-bond acceptors (Lipinski definition) is 4. The van der Waals surface area contributed by atoms with Crippen LogP contribution in [-0.2, 0) is 26.2 Å². The zero-order chi connectivity index (χ0) is 26.4. The van der Waals surface area contributed by atoms with Crippen LogP contribution in [0.2, 0.25) is 0 Å². The van der Waals surface area contributed by atoms with E-state index in [1.807, 2.05) is 77.1 Å². The molecule has 35 heavy (non-hydrogen) atoms. The molecule has 2 aromatic rings. The van der Waals surface area contributed by atoms with Gasteiger partial charge in [-0.15, -0.1) is 0 Å². The van der Waals surface area contributed by atoms with Crippen molar-refractivity contribution < 1.29 is 18.0 Å². The quantitative estimate of drug-likeness (QED) is 0.529. The molecule has 192 valence electrons. The topological polar surface area (TPSA) is 86.8 Å².